The molecule has 4 aromatic heterocycles. The third-order valence-electron chi connectivity index (χ3n) is 4.67. The van der Waals surface area contributed by atoms with E-state index >= 15 is 0 Å². The molecule has 0 bridgehead atoms. The van der Waals surface area contributed by atoms with E-state index in [4.69, 9.17) is 9.51 Å². The molecule has 0 unspecified atom stereocenters. The van der Waals surface area contributed by atoms with E-state index in [-0.39, 0.29) is 0 Å². The molecule has 4 aromatic rings. The lowest BCUT2D eigenvalue weighted by Crippen LogP contribution is -2.31. The van der Waals surface area contributed by atoms with Crippen LogP contribution in [0.2, 0.25) is 0 Å². The third-order valence-corrected chi connectivity index (χ3v) is 5.63. The first kappa shape index (κ1) is 15.4. The summed E-state index contributed by atoms with van der Waals surface area (Å²) in [6.07, 6.45) is 6.28. The van der Waals surface area contributed by atoms with Crippen LogP contribution < -0.4 is 4.90 Å². The van der Waals surface area contributed by atoms with Crippen LogP contribution >= 0.6 is 11.3 Å². The van der Waals surface area contributed by atoms with Gasteiger partial charge in [-0.25, -0.2) is 9.97 Å². The number of fused-ring (bicyclic) bond motifs is 2. The number of aromatic nitrogens is 5. The Kier molecular flexibility index (Phi) is 3.46. The fourth-order valence-corrected chi connectivity index (χ4v) is 4.14. The number of pyridine rings is 1. The zero-order chi connectivity index (χ0) is 17.7. The second-order valence-corrected chi connectivity index (χ2v) is 7.63. The molecule has 130 valence electrons. The molecule has 26 heavy (non-hydrogen) atoms. The summed E-state index contributed by atoms with van der Waals surface area (Å²) < 4.78 is 5.28. The molecule has 0 atom stereocenters. The smallest absolute Gasteiger partial charge is 0.263 e. The molecule has 5 rings (SSSR count). The summed E-state index contributed by atoms with van der Waals surface area (Å²) in [5, 5.41) is 5.98. The van der Waals surface area contributed by atoms with E-state index < -0.39 is 0 Å². The van der Waals surface area contributed by atoms with Gasteiger partial charge >= 0.3 is 0 Å². The second-order valence-electron chi connectivity index (χ2n) is 6.39. The van der Waals surface area contributed by atoms with E-state index in [2.05, 4.69) is 31.1 Å². The van der Waals surface area contributed by atoms with Crippen LogP contribution in [-0.2, 0) is 13.0 Å². The van der Waals surface area contributed by atoms with Gasteiger partial charge in [0.1, 0.15) is 17.5 Å². The lowest BCUT2D eigenvalue weighted by Gasteiger charge is -2.29. The first-order chi connectivity index (χ1) is 12.7. The summed E-state index contributed by atoms with van der Waals surface area (Å²) in [6, 6.07) is 2.22. The van der Waals surface area contributed by atoms with Gasteiger partial charge in [0.25, 0.3) is 5.71 Å². The zero-order valence-electron chi connectivity index (χ0n) is 14.4. The number of hydrogen-bond acceptors (Lipinski definition) is 8. The molecule has 8 heteroatoms. The third kappa shape index (κ3) is 2.45. The van der Waals surface area contributed by atoms with Crippen molar-refractivity contribution in [2.24, 2.45) is 0 Å². The van der Waals surface area contributed by atoms with Crippen molar-refractivity contribution in [1.82, 2.24) is 25.1 Å². The van der Waals surface area contributed by atoms with E-state index in [0.29, 0.717) is 5.71 Å². The van der Waals surface area contributed by atoms with Crippen molar-refractivity contribution in [3.8, 4) is 10.4 Å². The first-order valence-electron chi connectivity index (χ1n) is 8.41. The van der Waals surface area contributed by atoms with Gasteiger partial charge in [-0.3, -0.25) is 4.98 Å². The van der Waals surface area contributed by atoms with Crippen molar-refractivity contribution in [3.05, 3.63) is 46.7 Å². The van der Waals surface area contributed by atoms with E-state index in [9.17, 15) is 0 Å². The Morgan fingerprint density at radius 3 is 2.88 bits per heavy atom. The van der Waals surface area contributed by atoms with Crippen LogP contribution in [0.3, 0.4) is 0 Å². The highest BCUT2D eigenvalue weighted by Crippen LogP contribution is 2.32. The Bertz CT molecular complexity index is 1120. The molecule has 1 aliphatic heterocycles. The Morgan fingerprint density at radius 1 is 1.12 bits per heavy atom. The van der Waals surface area contributed by atoms with E-state index in [1.165, 1.54) is 11.9 Å². The lowest BCUT2D eigenvalue weighted by molar-refractivity contribution is 0.442. The molecule has 0 aliphatic carbocycles. The van der Waals surface area contributed by atoms with Gasteiger partial charge in [0, 0.05) is 43.2 Å². The molecule has 1 aliphatic rings. The van der Waals surface area contributed by atoms with Gasteiger partial charge in [-0.1, -0.05) is 5.16 Å². The van der Waals surface area contributed by atoms with Gasteiger partial charge in [0.15, 0.2) is 0 Å². The van der Waals surface area contributed by atoms with Crippen LogP contribution in [0.25, 0.3) is 21.5 Å². The van der Waals surface area contributed by atoms with Crippen LogP contribution in [-0.4, -0.2) is 31.6 Å². The van der Waals surface area contributed by atoms with Gasteiger partial charge in [-0.2, -0.15) is 4.98 Å². The minimum atomic E-state index is 0.533. The number of anilines is 1. The van der Waals surface area contributed by atoms with Crippen LogP contribution in [0.1, 0.15) is 22.0 Å². The van der Waals surface area contributed by atoms with Crippen molar-refractivity contribution < 1.29 is 4.52 Å². The SMILES string of the molecule is Cc1ncc(-c2cnc3c(c2)CN(c2ncnc4onc(C)c24)CC3)s1. The summed E-state index contributed by atoms with van der Waals surface area (Å²) in [5.41, 5.74) is 4.84. The molecular formula is C18H16N6OS. The predicted molar refractivity (Wildman–Crippen MR) is 99.2 cm³/mol. The molecule has 0 aromatic carbocycles. The average Bonchev–Trinajstić information content (AvgIpc) is 3.27. The molecule has 0 saturated carbocycles. The first-order valence-corrected chi connectivity index (χ1v) is 9.23. The largest absolute Gasteiger partial charge is 0.351 e. The Balaban J connectivity index is 1.53. The van der Waals surface area contributed by atoms with Gasteiger partial charge in [0.2, 0.25) is 0 Å². The molecule has 0 saturated heterocycles. The van der Waals surface area contributed by atoms with Crippen molar-refractivity contribution >= 4 is 28.3 Å². The Hall–Kier alpha value is -2.87. The molecule has 0 radical (unpaired) electrons. The summed E-state index contributed by atoms with van der Waals surface area (Å²) in [4.78, 5) is 21.1. The van der Waals surface area contributed by atoms with Gasteiger partial charge in [-0.15, -0.1) is 11.3 Å². The van der Waals surface area contributed by atoms with E-state index in [1.54, 1.807) is 11.3 Å². The number of hydrogen-bond donors (Lipinski definition) is 0. The minimum absolute atomic E-state index is 0.533. The average molecular weight is 364 g/mol. The highest BCUT2D eigenvalue weighted by atomic mass is 32.1. The summed E-state index contributed by atoms with van der Waals surface area (Å²) in [7, 11) is 0. The fourth-order valence-electron chi connectivity index (χ4n) is 3.38. The Morgan fingerprint density at radius 2 is 2.04 bits per heavy atom. The zero-order valence-corrected chi connectivity index (χ0v) is 15.2. The van der Waals surface area contributed by atoms with Crippen LogP contribution in [0.5, 0.6) is 0 Å². The van der Waals surface area contributed by atoms with Crippen molar-refractivity contribution in [3.63, 3.8) is 0 Å². The Labute approximate surface area is 153 Å². The summed E-state index contributed by atoms with van der Waals surface area (Å²) >= 11 is 1.69. The molecule has 7 nitrogen and oxygen atoms in total. The number of nitrogens with zero attached hydrogens (tertiary/aromatic N) is 6. The second kappa shape index (κ2) is 5.84. The molecule has 0 N–H and O–H groups in total. The van der Waals surface area contributed by atoms with Crippen molar-refractivity contribution in [2.75, 3.05) is 11.4 Å². The molecule has 0 amide bonds. The number of aryl methyl sites for hydroxylation is 2. The molecule has 0 spiro atoms. The van der Waals surface area contributed by atoms with Crippen molar-refractivity contribution in [2.45, 2.75) is 26.8 Å². The van der Waals surface area contributed by atoms with Crippen LogP contribution in [0.15, 0.2) is 29.3 Å². The van der Waals surface area contributed by atoms with E-state index in [1.807, 2.05) is 26.2 Å². The maximum atomic E-state index is 5.28. The fraction of sp³-hybridized carbons (Fsp3) is 0.278. The topological polar surface area (TPSA) is 80.8 Å². The maximum Gasteiger partial charge on any atom is 0.263 e. The molecule has 0 fully saturated rings. The summed E-state index contributed by atoms with van der Waals surface area (Å²) in [5.74, 6) is 0.874. The highest BCUT2D eigenvalue weighted by molar-refractivity contribution is 7.15. The lowest BCUT2D eigenvalue weighted by atomic mass is 10.0. The highest BCUT2D eigenvalue weighted by Gasteiger charge is 2.23. The summed E-state index contributed by atoms with van der Waals surface area (Å²) in [6.45, 7) is 5.55. The van der Waals surface area contributed by atoms with E-state index in [0.717, 1.165) is 57.6 Å². The quantitative estimate of drug-likeness (QED) is 0.540. The van der Waals surface area contributed by atoms with Crippen LogP contribution in [0.4, 0.5) is 5.82 Å². The monoisotopic (exact) mass is 364 g/mol. The normalized spacial score (nSPS) is 14.0. The van der Waals surface area contributed by atoms with Gasteiger partial charge < -0.3 is 9.42 Å². The number of rotatable bonds is 2. The van der Waals surface area contributed by atoms with Crippen molar-refractivity contribution in [1.29, 1.82) is 0 Å². The number of thiazole rings is 1. The molecular weight excluding hydrogens is 348 g/mol. The predicted octanol–water partition coefficient (Wildman–Crippen LogP) is 3.32. The molecule has 5 heterocycles. The van der Waals surface area contributed by atoms with Gasteiger partial charge in [-0.05, 0) is 25.5 Å². The minimum Gasteiger partial charge on any atom is -0.351 e. The van der Waals surface area contributed by atoms with Crippen LogP contribution in [0, 0.1) is 13.8 Å². The standard InChI is InChI=1S/C18H16N6OS/c1-10-16-17(21-9-22-18(16)25-23-10)24-4-3-14-13(8-24)5-12(6-20-14)15-7-19-11(2)26-15/h5-7,9H,3-4,8H2,1-2H3. The maximum absolute atomic E-state index is 5.28. The van der Waals surface area contributed by atoms with Gasteiger partial charge in [0.05, 0.1) is 15.6 Å².